The number of Topliss-reactive ketones (excluding diaryl/α,β-unsaturated/α-hetero) is 1. The van der Waals surface area contributed by atoms with E-state index in [4.69, 9.17) is 9.90 Å². The van der Waals surface area contributed by atoms with Crippen LogP contribution in [0.2, 0.25) is 0 Å². The van der Waals surface area contributed by atoms with Crippen molar-refractivity contribution in [3.05, 3.63) is 0 Å². The van der Waals surface area contributed by atoms with Crippen LogP contribution in [0, 0.1) is 0 Å². The molecule has 1 aliphatic heterocycles. The van der Waals surface area contributed by atoms with Gasteiger partial charge in [0, 0.05) is 13.3 Å². The van der Waals surface area contributed by atoms with E-state index in [-0.39, 0.29) is 0 Å². The molecule has 0 aromatic rings. The number of aliphatic carboxylic acids is 1. The normalized spacial score (nSPS) is 20.6. The lowest BCUT2D eigenvalue weighted by atomic mass is 10.0. The van der Waals surface area contributed by atoms with E-state index >= 15 is 0 Å². The quantitative estimate of drug-likeness (QED) is 0.639. The lowest BCUT2D eigenvalue weighted by molar-refractivity contribution is -0.684. The summed E-state index contributed by atoms with van der Waals surface area (Å²) >= 11 is 0. The van der Waals surface area contributed by atoms with Gasteiger partial charge in [-0.2, -0.15) is 13.2 Å². The Labute approximate surface area is 90.8 Å². The van der Waals surface area contributed by atoms with Crippen LogP contribution in [-0.2, 0) is 9.59 Å². The van der Waals surface area contributed by atoms with Gasteiger partial charge in [-0.1, -0.05) is 0 Å². The van der Waals surface area contributed by atoms with Gasteiger partial charge < -0.3 is 15.2 Å². The molecule has 16 heavy (non-hydrogen) atoms. The van der Waals surface area contributed by atoms with Crippen LogP contribution in [0.5, 0.6) is 0 Å². The molecule has 0 aromatic heterocycles. The predicted molar refractivity (Wildman–Crippen MR) is 46.2 cm³/mol. The first-order valence-corrected chi connectivity index (χ1v) is 4.87. The summed E-state index contributed by atoms with van der Waals surface area (Å²) in [6.45, 7) is 2.83. The number of rotatable bonds is 1. The van der Waals surface area contributed by atoms with Gasteiger partial charge in [0.15, 0.2) is 5.78 Å². The van der Waals surface area contributed by atoms with Gasteiger partial charge in [0.2, 0.25) is 0 Å². The maximum Gasteiger partial charge on any atom is 0.430 e. The van der Waals surface area contributed by atoms with E-state index in [2.05, 4.69) is 5.32 Å². The van der Waals surface area contributed by atoms with Crippen molar-refractivity contribution < 1.29 is 33.2 Å². The van der Waals surface area contributed by atoms with Crippen LogP contribution >= 0.6 is 0 Å². The fourth-order valence-electron chi connectivity index (χ4n) is 1.31. The number of ketones is 1. The first-order chi connectivity index (χ1) is 7.25. The minimum Gasteiger partial charge on any atom is -0.542 e. The molecule has 0 saturated carbocycles. The van der Waals surface area contributed by atoms with E-state index in [1.807, 2.05) is 0 Å². The molecule has 94 valence electrons. The summed E-state index contributed by atoms with van der Waals surface area (Å²) in [7, 11) is 0. The molecule has 1 rings (SSSR count). The van der Waals surface area contributed by atoms with E-state index in [1.165, 1.54) is 12.8 Å². The lowest BCUT2D eigenvalue weighted by Gasteiger charge is -2.16. The summed E-state index contributed by atoms with van der Waals surface area (Å²) in [6.07, 6.45) is -1.58. The van der Waals surface area contributed by atoms with Crippen molar-refractivity contribution in [3.8, 4) is 0 Å². The molecule has 7 heteroatoms. The topological polar surface area (TPSA) is 73.8 Å². The summed E-state index contributed by atoms with van der Waals surface area (Å²) < 4.78 is 31.5. The summed E-state index contributed by atoms with van der Waals surface area (Å²) in [5.74, 6) is -2.66. The number of carbonyl (C=O) groups excluding carboxylic acids is 2. The molecule has 0 radical (unpaired) electrons. The Hall–Kier alpha value is -1.11. The highest BCUT2D eigenvalue weighted by atomic mass is 19.4. The molecule has 4 nitrogen and oxygen atoms in total. The molecule has 0 bridgehead atoms. The van der Waals surface area contributed by atoms with Gasteiger partial charge in [-0.15, -0.1) is 0 Å². The number of piperidine rings is 1. The zero-order valence-corrected chi connectivity index (χ0v) is 8.84. The third-order valence-electron chi connectivity index (χ3n) is 2.17. The van der Waals surface area contributed by atoms with Gasteiger partial charge in [-0.3, -0.25) is 4.79 Å². The Bertz CT molecular complexity index is 247. The number of carboxylic acid groups (broad SMARTS) is 1. The number of alkyl halides is 3. The molecule has 0 spiro atoms. The van der Waals surface area contributed by atoms with Crippen molar-refractivity contribution in [2.45, 2.75) is 38.4 Å². The van der Waals surface area contributed by atoms with E-state index in [9.17, 15) is 18.0 Å². The SMILES string of the molecule is CC(=O)[C@@H]1CCCC[NH2+]1.O=C([O-])C(F)(F)F. The Morgan fingerprint density at radius 2 is 1.81 bits per heavy atom. The first kappa shape index (κ1) is 14.9. The van der Waals surface area contributed by atoms with Crippen molar-refractivity contribution in [2.75, 3.05) is 6.54 Å². The van der Waals surface area contributed by atoms with Gasteiger partial charge in [-0.25, -0.2) is 0 Å². The van der Waals surface area contributed by atoms with Gasteiger partial charge in [-0.05, 0) is 12.8 Å². The van der Waals surface area contributed by atoms with Gasteiger partial charge >= 0.3 is 6.18 Å². The van der Waals surface area contributed by atoms with E-state index in [1.54, 1.807) is 6.92 Å². The van der Waals surface area contributed by atoms with Crippen molar-refractivity contribution in [1.82, 2.24) is 0 Å². The van der Waals surface area contributed by atoms with Crippen molar-refractivity contribution in [2.24, 2.45) is 0 Å². The molecular formula is C9H14F3NO3. The molecule has 0 amide bonds. The highest BCUT2D eigenvalue weighted by Crippen LogP contribution is 2.11. The second-order valence-corrected chi connectivity index (χ2v) is 3.52. The highest BCUT2D eigenvalue weighted by Gasteiger charge is 2.28. The van der Waals surface area contributed by atoms with E-state index in [0.717, 1.165) is 13.0 Å². The standard InChI is InChI=1S/C7H13NO.C2HF3O2/c1-6(9)7-4-2-3-5-8-7;3-2(4,5)1(6)7/h7-8H,2-5H2,1H3;(H,6,7)/t7-;/m0./s1. The van der Waals surface area contributed by atoms with Gasteiger partial charge in [0.1, 0.15) is 12.0 Å². The number of quaternary nitrogens is 1. The fraction of sp³-hybridized carbons (Fsp3) is 0.778. The number of carboxylic acids is 1. The molecule has 0 unspecified atom stereocenters. The van der Waals surface area contributed by atoms with E-state index < -0.39 is 12.1 Å². The summed E-state index contributed by atoms with van der Waals surface area (Å²) in [6, 6.07) is 0.291. The zero-order valence-electron chi connectivity index (χ0n) is 8.84. The monoisotopic (exact) mass is 241 g/mol. The second-order valence-electron chi connectivity index (χ2n) is 3.52. The van der Waals surface area contributed by atoms with Crippen molar-refractivity contribution in [1.29, 1.82) is 0 Å². The molecule has 0 aliphatic carbocycles. The number of halogens is 3. The van der Waals surface area contributed by atoms with Crippen LogP contribution in [-0.4, -0.2) is 30.5 Å². The van der Waals surface area contributed by atoms with Crippen LogP contribution in [0.1, 0.15) is 26.2 Å². The van der Waals surface area contributed by atoms with Gasteiger partial charge in [0.05, 0.1) is 6.54 Å². The average molecular weight is 241 g/mol. The van der Waals surface area contributed by atoms with E-state index in [0.29, 0.717) is 11.8 Å². The largest absolute Gasteiger partial charge is 0.542 e. The lowest BCUT2D eigenvalue weighted by Crippen LogP contribution is -2.93. The van der Waals surface area contributed by atoms with Crippen LogP contribution in [0.3, 0.4) is 0 Å². The number of carbonyl (C=O) groups is 2. The fourth-order valence-corrected chi connectivity index (χ4v) is 1.31. The minimum atomic E-state index is -5.19. The maximum atomic E-state index is 10.8. The minimum absolute atomic E-state index is 0.291. The van der Waals surface area contributed by atoms with Crippen molar-refractivity contribution >= 4 is 11.8 Å². The molecule has 1 fully saturated rings. The second kappa shape index (κ2) is 6.47. The highest BCUT2D eigenvalue weighted by molar-refractivity contribution is 5.79. The smallest absolute Gasteiger partial charge is 0.430 e. The Morgan fingerprint density at radius 3 is 2.00 bits per heavy atom. The van der Waals surface area contributed by atoms with Gasteiger partial charge in [0.25, 0.3) is 0 Å². The van der Waals surface area contributed by atoms with Crippen LogP contribution in [0.25, 0.3) is 0 Å². The molecule has 2 N–H and O–H groups in total. The Balaban J connectivity index is 0.000000293. The summed E-state index contributed by atoms with van der Waals surface area (Å²) in [5, 5.41) is 10.9. The third-order valence-corrected chi connectivity index (χ3v) is 2.17. The molecule has 1 saturated heterocycles. The number of hydrogen-bond acceptors (Lipinski definition) is 3. The first-order valence-electron chi connectivity index (χ1n) is 4.87. The number of hydrogen-bond donors (Lipinski definition) is 1. The Kier molecular flexibility index (Phi) is 6.02. The molecular weight excluding hydrogens is 227 g/mol. The average Bonchev–Trinajstić information content (AvgIpc) is 2.18. The molecule has 1 heterocycles. The van der Waals surface area contributed by atoms with Crippen LogP contribution in [0.15, 0.2) is 0 Å². The molecule has 1 atom stereocenters. The predicted octanol–water partition coefficient (Wildman–Crippen LogP) is -1.01. The van der Waals surface area contributed by atoms with Crippen LogP contribution < -0.4 is 10.4 Å². The summed E-state index contributed by atoms with van der Waals surface area (Å²) in [4.78, 5) is 19.6. The molecule has 1 aliphatic rings. The van der Waals surface area contributed by atoms with Crippen LogP contribution in [0.4, 0.5) is 13.2 Å². The Morgan fingerprint density at radius 1 is 1.31 bits per heavy atom. The number of nitrogens with two attached hydrogens (primary N) is 1. The molecule has 0 aromatic carbocycles. The third kappa shape index (κ3) is 6.39. The zero-order chi connectivity index (χ0) is 12.8. The maximum absolute atomic E-state index is 10.8. The van der Waals surface area contributed by atoms with Crippen molar-refractivity contribution in [3.63, 3.8) is 0 Å². The summed E-state index contributed by atoms with van der Waals surface area (Å²) in [5.41, 5.74) is 0.